The lowest BCUT2D eigenvalue weighted by molar-refractivity contribution is 0.168. The molecule has 3 rings (SSSR count). The molecule has 0 spiro atoms. The van der Waals surface area contributed by atoms with Crippen LogP contribution in [0.4, 0.5) is 13.2 Å². The second-order valence-electron chi connectivity index (χ2n) is 5.31. The van der Waals surface area contributed by atoms with Gasteiger partial charge in [0.05, 0.1) is 23.9 Å². The first-order valence-electron chi connectivity index (χ1n) is 7.12. The summed E-state index contributed by atoms with van der Waals surface area (Å²) in [6.45, 7) is 1.46. The number of rotatable bonds is 4. The number of aliphatic hydroxyl groups is 1. The standard InChI is InChI=1S/C15H11BrF3N5O/c1-7(25)6-24-15(21-22-23-24)10-4-9(12(17)14(19)13(10)18)11-3-2-8(16)5-20-11/h2-5,7,25H,6H2,1H3. The first-order chi connectivity index (χ1) is 11.9. The summed E-state index contributed by atoms with van der Waals surface area (Å²) in [5, 5.41) is 20.2. The maximum atomic E-state index is 14.3. The molecule has 0 saturated carbocycles. The van der Waals surface area contributed by atoms with Crippen LogP contribution in [-0.4, -0.2) is 36.4 Å². The normalized spacial score (nSPS) is 12.4. The van der Waals surface area contributed by atoms with Crippen LogP contribution in [0.3, 0.4) is 0 Å². The van der Waals surface area contributed by atoms with Crippen LogP contribution in [0.5, 0.6) is 0 Å². The summed E-state index contributed by atoms with van der Waals surface area (Å²) in [7, 11) is 0. The number of tetrazole rings is 1. The third-order valence-corrected chi connectivity index (χ3v) is 3.83. The number of pyridine rings is 1. The topological polar surface area (TPSA) is 76.7 Å². The average molecular weight is 414 g/mol. The maximum absolute atomic E-state index is 14.3. The van der Waals surface area contributed by atoms with E-state index in [1.807, 2.05) is 0 Å². The van der Waals surface area contributed by atoms with Crippen LogP contribution in [0.2, 0.25) is 0 Å². The molecule has 0 aliphatic heterocycles. The molecule has 0 bridgehead atoms. The van der Waals surface area contributed by atoms with E-state index in [4.69, 9.17) is 0 Å². The average Bonchev–Trinajstić information content (AvgIpc) is 3.01. The highest BCUT2D eigenvalue weighted by molar-refractivity contribution is 9.10. The SMILES string of the molecule is CC(O)Cn1nnnc1-c1cc(-c2ccc(Br)cn2)c(F)c(F)c1F. The lowest BCUT2D eigenvalue weighted by atomic mass is 10.0. The number of benzene rings is 1. The summed E-state index contributed by atoms with van der Waals surface area (Å²) >= 11 is 3.20. The predicted octanol–water partition coefficient (Wildman–Crippen LogP) is 2.96. The van der Waals surface area contributed by atoms with Crippen molar-refractivity contribution in [3.63, 3.8) is 0 Å². The van der Waals surface area contributed by atoms with Gasteiger partial charge in [-0.15, -0.1) is 5.10 Å². The van der Waals surface area contributed by atoms with E-state index in [-0.39, 0.29) is 29.2 Å². The maximum Gasteiger partial charge on any atom is 0.195 e. The molecule has 0 radical (unpaired) electrons. The van der Waals surface area contributed by atoms with Gasteiger partial charge in [0.2, 0.25) is 0 Å². The summed E-state index contributed by atoms with van der Waals surface area (Å²) < 4.78 is 44.4. The van der Waals surface area contributed by atoms with Gasteiger partial charge in [0, 0.05) is 16.2 Å². The van der Waals surface area contributed by atoms with Crippen LogP contribution >= 0.6 is 15.9 Å². The van der Waals surface area contributed by atoms with Crippen LogP contribution in [0.15, 0.2) is 28.9 Å². The third kappa shape index (κ3) is 3.40. The Morgan fingerprint density at radius 1 is 1.16 bits per heavy atom. The van der Waals surface area contributed by atoms with E-state index in [0.717, 1.165) is 10.7 Å². The Morgan fingerprint density at radius 2 is 1.88 bits per heavy atom. The minimum absolute atomic E-state index is 0.0351. The van der Waals surface area contributed by atoms with Crippen LogP contribution in [0.1, 0.15) is 6.92 Å². The Hall–Kier alpha value is -2.33. The highest BCUT2D eigenvalue weighted by Crippen LogP contribution is 2.32. The van der Waals surface area contributed by atoms with Crippen molar-refractivity contribution in [2.45, 2.75) is 19.6 Å². The molecule has 0 aliphatic carbocycles. The zero-order chi connectivity index (χ0) is 18.1. The van der Waals surface area contributed by atoms with Gasteiger partial charge in [-0.3, -0.25) is 4.98 Å². The number of hydrogen-bond acceptors (Lipinski definition) is 5. The molecule has 6 nitrogen and oxygen atoms in total. The van der Waals surface area contributed by atoms with E-state index in [2.05, 4.69) is 36.4 Å². The van der Waals surface area contributed by atoms with Gasteiger partial charge in [0.15, 0.2) is 23.3 Å². The molecule has 130 valence electrons. The fraction of sp³-hybridized carbons (Fsp3) is 0.200. The molecular weight excluding hydrogens is 403 g/mol. The second kappa shape index (κ2) is 6.89. The largest absolute Gasteiger partial charge is 0.391 e. The zero-order valence-corrected chi connectivity index (χ0v) is 14.4. The summed E-state index contributed by atoms with van der Waals surface area (Å²) in [5.41, 5.74) is -0.437. The van der Waals surface area contributed by atoms with Gasteiger partial charge in [-0.05, 0) is 51.5 Å². The molecule has 3 aromatic rings. The fourth-order valence-corrected chi connectivity index (χ4v) is 2.49. The van der Waals surface area contributed by atoms with Gasteiger partial charge < -0.3 is 5.11 Å². The quantitative estimate of drug-likeness (QED) is 0.665. The van der Waals surface area contributed by atoms with E-state index < -0.39 is 23.6 Å². The second-order valence-corrected chi connectivity index (χ2v) is 6.22. The molecule has 10 heteroatoms. The molecule has 1 aromatic carbocycles. The number of aromatic nitrogens is 5. The van der Waals surface area contributed by atoms with Crippen LogP contribution in [-0.2, 0) is 6.54 Å². The van der Waals surface area contributed by atoms with Crippen molar-refractivity contribution in [1.29, 1.82) is 0 Å². The van der Waals surface area contributed by atoms with Gasteiger partial charge in [0.1, 0.15) is 0 Å². The summed E-state index contributed by atoms with van der Waals surface area (Å²) in [4.78, 5) is 4.00. The van der Waals surface area contributed by atoms with Crippen molar-refractivity contribution < 1.29 is 18.3 Å². The van der Waals surface area contributed by atoms with E-state index >= 15 is 0 Å². The van der Waals surface area contributed by atoms with Crippen molar-refractivity contribution in [3.05, 3.63) is 46.3 Å². The monoisotopic (exact) mass is 413 g/mol. The van der Waals surface area contributed by atoms with Crippen molar-refractivity contribution in [2.24, 2.45) is 0 Å². The Bertz CT molecular complexity index is 914. The van der Waals surface area contributed by atoms with Crippen molar-refractivity contribution >= 4 is 15.9 Å². The van der Waals surface area contributed by atoms with Gasteiger partial charge in [-0.2, -0.15) is 0 Å². The van der Waals surface area contributed by atoms with Crippen molar-refractivity contribution in [1.82, 2.24) is 25.2 Å². The van der Waals surface area contributed by atoms with E-state index in [1.54, 1.807) is 6.07 Å². The molecule has 2 heterocycles. The lowest BCUT2D eigenvalue weighted by Gasteiger charge is -2.11. The molecule has 1 atom stereocenters. The van der Waals surface area contributed by atoms with E-state index in [0.29, 0.717) is 4.47 Å². The Balaban J connectivity index is 2.18. The molecule has 25 heavy (non-hydrogen) atoms. The van der Waals surface area contributed by atoms with Crippen molar-refractivity contribution in [3.8, 4) is 22.6 Å². The lowest BCUT2D eigenvalue weighted by Crippen LogP contribution is -2.15. The molecule has 2 aromatic heterocycles. The number of aliphatic hydroxyl groups excluding tert-OH is 1. The first-order valence-corrected chi connectivity index (χ1v) is 7.91. The minimum Gasteiger partial charge on any atom is -0.391 e. The molecule has 0 aliphatic rings. The van der Waals surface area contributed by atoms with Gasteiger partial charge in [-0.25, -0.2) is 17.9 Å². The zero-order valence-electron chi connectivity index (χ0n) is 12.8. The van der Waals surface area contributed by atoms with Crippen LogP contribution in [0.25, 0.3) is 22.6 Å². The van der Waals surface area contributed by atoms with Gasteiger partial charge in [-0.1, -0.05) is 0 Å². The summed E-state index contributed by atoms with van der Waals surface area (Å²) in [5.74, 6) is -4.55. The smallest absolute Gasteiger partial charge is 0.195 e. The predicted molar refractivity (Wildman–Crippen MR) is 85.7 cm³/mol. The highest BCUT2D eigenvalue weighted by atomic mass is 79.9. The molecule has 0 saturated heterocycles. The summed E-state index contributed by atoms with van der Waals surface area (Å²) in [6.07, 6.45) is 0.593. The molecular formula is C15H11BrF3N5O. The van der Waals surface area contributed by atoms with Crippen LogP contribution < -0.4 is 0 Å². The number of hydrogen-bond donors (Lipinski definition) is 1. The van der Waals surface area contributed by atoms with Crippen molar-refractivity contribution in [2.75, 3.05) is 0 Å². The Kier molecular flexibility index (Phi) is 4.82. The Morgan fingerprint density at radius 3 is 2.52 bits per heavy atom. The number of nitrogens with zero attached hydrogens (tertiary/aromatic N) is 5. The molecule has 1 unspecified atom stereocenters. The summed E-state index contributed by atoms with van der Waals surface area (Å²) in [6, 6.07) is 4.15. The van der Waals surface area contributed by atoms with Gasteiger partial charge >= 0.3 is 0 Å². The fourth-order valence-electron chi connectivity index (χ4n) is 2.26. The first kappa shape index (κ1) is 17.5. The third-order valence-electron chi connectivity index (χ3n) is 3.36. The minimum atomic E-state index is -1.65. The highest BCUT2D eigenvalue weighted by Gasteiger charge is 2.24. The van der Waals surface area contributed by atoms with E-state index in [1.165, 1.54) is 19.2 Å². The van der Waals surface area contributed by atoms with E-state index in [9.17, 15) is 18.3 Å². The Labute approximate surface area is 148 Å². The van der Waals surface area contributed by atoms with Crippen LogP contribution in [0, 0.1) is 17.5 Å². The number of halogens is 4. The van der Waals surface area contributed by atoms with Gasteiger partial charge in [0.25, 0.3) is 0 Å². The molecule has 0 fully saturated rings. The molecule has 1 N–H and O–H groups in total. The molecule has 0 amide bonds.